The summed E-state index contributed by atoms with van der Waals surface area (Å²) in [5, 5.41) is 10.5. The molecule has 0 radical (unpaired) electrons. The Labute approximate surface area is 127 Å². The lowest BCUT2D eigenvalue weighted by molar-refractivity contribution is -0.387. The number of nitrogens with zero attached hydrogens (tertiary/aromatic N) is 1. The van der Waals surface area contributed by atoms with E-state index in [4.69, 9.17) is 0 Å². The van der Waals surface area contributed by atoms with Crippen LogP contribution in [0.25, 0.3) is 0 Å². The van der Waals surface area contributed by atoms with Gasteiger partial charge in [-0.3, -0.25) is 14.8 Å². The van der Waals surface area contributed by atoms with E-state index in [1.165, 1.54) is 6.07 Å². The van der Waals surface area contributed by atoms with Crippen molar-refractivity contribution in [3.05, 3.63) is 62.9 Å². The molecule has 0 fully saturated rings. The van der Waals surface area contributed by atoms with Gasteiger partial charge in [-0.2, -0.15) is 4.39 Å². The van der Waals surface area contributed by atoms with E-state index in [2.05, 4.69) is 20.7 Å². The fraction of sp³-hybridized carbons (Fsp3) is 0. The number of anilines is 1. The summed E-state index contributed by atoms with van der Waals surface area (Å²) in [6.07, 6.45) is 0. The maximum Gasteiger partial charge on any atom is 0.304 e. The predicted octanol–water partition coefficient (Wildman–Crippen LogP) is 3.30. The summed E-state index contributed by atoms with van der Waals surface area (Å²) in [7, 11) is -4.04. The van der Waals surface area contributed by atoms with Crippen LogP contribution in [0.15, 0.2) is 51.8 Å². The van der Waals surface area contributed by atoms with Gasteiger partial charge in [0.25, 0.3) is 10.0 Å². The van der Waals surface area contributed by atoms with Crippen LogP contribution in [-0.2, 0) is 10.0 Å². The Morgan fingerprint density at radius 2 is 1.86 bits per heavy atom. The van der Waals surface area contributed by atoms with Crippen molar-refractivity contribution in [1.29, 1.82) is 0 Å². The zero-order valence-electron chi connectivity index (χ0n) is 10.3. The van der Waals surface area contributed by atoms with Gasteiger partial charge < -0.3 is 0 Å². The maximum absolute atomic E-state index is 13.5. The molecule has 110 valence electrons. The average Bonchev–Trinajstić information content (AvgIpc) is 2.40. The van der Waals surface area contributed by atoms with Crippen LogP contribution in [-0.4, -0.2) is 13.3 Å². The SMILES string of the molecule is O=[N+]([O-])c1ccc(S(=O)(=O)Nc2ccccc2Br)cc1F. The summed E-state index contributed by atoms with van der Waals surface area (Å²) < 4.78 is 40.5. The Morgan fingerprint density at radius 1 is 1.19 bits per heavy atom. The number of nitrogens with one attached hydrogen (secondary N) is 1. The van der Waals surface area contributed by atoms with Crippen molar-refractivity contribution in [2.24, 2.45) is 0 Å². The molecule has 0 aliphatic rings. The lowest BCUT2D eigenvalue weighted by atomic mass is 10.3. The minimum atomic E-state index is -4.04. The molecule has 0 atom stereocenters. The molecule has 0 aliphatic heterocycles. The molecule has 6 nitrogen and oxygen atoms in total. The van der Waals surface area contributed by atoms with Crippen molar-refractivity contribution < 1.29 is 17.7 Å². The van der Waals surface area contributed by atoms with Gasteiger partial charge in [0.1, 0.15) is 0 Å². The van der Waals surface area contributed by atoms with E-state index >= 15 is 0 Å². The Kier molecular flexibility index (Phi) is 4.24. The normalized spacial score (nSPS) is 11.1. The number of hydrogen-bond acceptors (Lipinski definition) is 4. The molecule has 0 unspecified atom stereocenters. The van der Waals surface area contributed by atoms with E-state index in [1.807, 2.05) is 0 Å². The van der Waals surface area contributed by atoms with Crippen molar-refractivity contribution >= 4 is 37.3 Å². The van der Waals surface area contributed by atoms with Gasteiger partial charge in [-0.1, -0.05) is 12.1 Å². The molecule has 1 N–H and O–H groups in total. The lowest BCUT2D eigenvalue weighted by Crippen LogP contribution is -2.13. The van der Waals surface area contributed by atoms with E-state index < -0.39 is 31.3 Å². The summed E-state index contributed by atoms with van der Waals surface area (Å²) >= 11 is 3.18. The van der Waals surface area contributed by atoms with E-state index in [0.29, 0.717) is 10.5 Å². The Bertz CT molecular complexity index is 811. The highest BCUT2D eigenvalue weighted by Crippen LogP contribution is 2.26. The lowest BCUT2D eigenvalue weighted by Gasteiger charge is -2.09. The quantitative estimate of drug-likeness (QED) is 0.656. The predicted molar refractivity (Wildman–Crippen MR) is 78.0 cm³/mol. The number of rotatable bonds is 4. The van der Waals surface area contributed by atoms with Crippen LogP contribution in [0.5, 0.6) is 0 Å². The fourth-order valence-corrected chi connectivity index (χ4v) is 3.16. The molecule has 0 heterocycles. The fourth-order valence-electron chi connectivity index (χ4n) is 1.55. The van der Waals surface area contributed by atoms with Crippen LogP contribution in [0, 0.1) is 15.9 Å². The van der Waals surface area contributed by atoms with Gasteiger partial charge in [0, 0.05) is 16.6 Å². The van der Waals surface area contributed by atoms with Crippen molar-refractivity contribution in [1.82, 2.24) is 0 Å². The van der Waals surface area contributed by atoms with Crippen LogP contribution >= 0.6 is 15.9 Å². The second kappa shape index (κ2) is 5.78. The topological polar surface area (TPSA) is 89.3 Å². The summed E-state index contributed by atoms with van der Waals surface area (Å²) in [6.45, 7) is 0. The molecular weight excluding hydrogens is 367 g/mol. The third kappa shape index (κ3) is 3.37. The van der Waals surface area contributed by atoms with E-state index in [9.17, 15) is 22.9 Å². The summed E-state index contributed by atoms with van der Waals surface area (Å²) in [5.41, 5.74) is -0.508. The van der Waals surface area contributed by atoms with E-state index in [1.54, 1.807) is 18.2 Å². The number of nitro benzene ring substituents is 1. The van der Waals surface area contributed by atoms with Gasteiger partial charge in [-0.15, -0.1) is 0 Å². The standard InChI is InChI=1S/C12H8BrFN2O4S/c13-9-3-1-2-4-11(9)15-21(19,20)8-5-6-12(16(17)18)10(14)7-8/h1-7,15H. The van der Waals surface area contributed by atoms with Crippen molar-refractivity contribution in [2.75, 3.05) is 4.72 Å². The molecule has 0 aliphatic carbocycles. The number of sulfonamides is 1. The molecule has 0 bridgehead atoms. The largest absolute Gasteiger partial charge is 0.304 e. The van der Waals surface area contributed by atoms with Gasteiger partial charge in [0.2, 0.25) is 5.82 Å². The van der Waals surface area contributed by atoms with Crippen molar-refractivity contribution in [2.45, 2.75) is 4.90 Å². The number of hydrogen-bond donors (Lipinski definition) is 1. The first-order valence-corrected chi connectivity index (χ1v) is 7.80. The third-order valence-corrected chi connectivity index (χ3v) is 4.60. The van der Waals surface area contributed by atoms with Gasteiger partial charge >= 0.3 is 5.69 Å². The van der Waals surface area contributed by atoms with Crippen molar-refractivity contribution in [3.8, 4) is 0 Å². The molecule has 21 heavy (non-hydrogen) atoms. The highest BCUT2D eigenvalue weighted by Gasteiger charge is 2.21. The third-order valence-electron chi connectivity index (χ3n) is 2.54. The molecule has 0 amide bonds. The van der Waals surface area contributed by atoms with Crippen LogP contribution < -0.4 is 4.72 Å². The Hall–Kier alpha value is -2.00. The zero-order chi connectivity index (χ0) is 15.6. The maximum atomic E-state index is 13.5. The summed E-state index contributed by atoms with van der Waals surface area (Å²) in [6, 6.07) is 8.87. The Balaban J connectivity index is 2.39. The van der Waals surface area contributed by atoms with Crippen LogP contribution in [0.4, 0.5) is 15.8 Å². The molecule has 0 aromatic heterocycles. The number of nitro groups is 1. The first-order chi connectivity index (χ1) is 9.81. The highest BCUT2D eigenvalue weighted by atomic mass is 79.9. The van der Waals surface area contributed by atoms with Gasteiger partial charge in [0.05, 0.1) is 15.5 Å². The molecule has 2 rings (SSSR count). The first kappa shape index (κ1) is 15.4. The van der Waals surface area contributed by atoms with Crippen molar-refractivity contribution in [3.63, 3.8) is 0 Å². The van der Waals surface area contributed by atoms with Gasteiger partial charge in [0.15, 0.2) is 0 Å². The molecule has 0 saturated heterocycles. The molecule has 2 aromatic carbocycles. The van der Waals surface area contributed by atoms with Crippen LogP contribution in [0.3, 0.4) is 0 Å². The second-order valence-corrected chi connectivity index (χ2v) is 6.49. The zero-order valence-corrected chi connectivity index (χ0v) is 12.7. The molecular formula is C12H8BrFN2O4S. The number of halogens is 2. The smallest absolute Gasteiger partial charge is 0.278 e. The van der Waals surface area contributed by atoms with Gasteiger partial charge in [-0.25, -0.2) is 8.42 Å². The molecule has 0 saturated carbocycles. The summed E-state index contributed by atoms with van der Waals surface area (Å²) in [4.78, 5) is 9.19. The molecule has 9 heteroatoms. The minimum Gasteiger partial charge on any atom is -0.278 e. The molecule has 0 spiro atoms. The van der Waals surface area contributed by atoms with Gasteiger partial charge in [-0.05, 0) is 34.1 Å². The number of benzene rings is 2. The first-order valence-electron chi connectivity index (χ1n) is 5.52. The van der Waals surface area contributed by atoms with Crippen LogP contribution in [0.1, 0.15) is 0 Å². The van der Waals surface area contributed by atoms with E-state index in [0.717, 1.165) is 12.1 Å². The Morgan fingerprint density at radius 3 is 2.43 bits per heavy atom. The average molecular weight is 375 g/mol. The molecule has 2 aromatic rings. The highest BCUT2D eigenvalue weighted by molar-refractivity contribution is 9.10. The minimum absolute atomic E-state index is 0.274. The second-order valence-electron chi connectivity index (χ2n) is 3.96. The van der Waals surface area contributed by atoms with E-state index in [-0.39, 0.29) is 5.69 Å². The summed E-state index contributed by atoms with van der Waals surface area (Å²) in [5.74, 6) is -1.21. The van der Waals surface area contributed by atoms with Crippen LogP contribution in [0.2, 0.25) is 0 Å². The monoisotopic (exact) mass is 374 g/mol. The number of para-hydroxylation sites is 1.